The topological polar surface area (TPSA) is 9.23 Å². The summed E-state index contributed by atoms with van der Waals surface area (Å²) in [6.45, 7) is 0. The van der Waals surface area contributed by atoms with Gasteiger partial charge in [0.2, 0.25) is 0 Å². The maximum Gasteiger partial charge on any atom is 0.118 e. The average molecular weight is 368 g/mol. The second-order valence-electron chi connectivity index (χ2n) is 3.73. The van der Waals surface area contributed by atoms with Crippen molar-refractivity contribution < 1.29 is 4.74 Å². The molecule has 0 aliphatic carbocycles. The third-order valence-electron chi connectivity index (χ3n) is 2.63. The van der Waals surface area contributed by atoms with Crippen LogP contribution in [-0.4, -0.2) is 7.11 Å². The lowest BCUT2D eigenvalue weighted by molar-refractivity contribution is 0.415. The molecule has 0 spiro atoms. The van der Waals surface area contributed by atoms with Crippen LogP contribution in [0.3, 0.4) is 0 Å². The monoisotopic (exact) mass is 366 g/mol. The molecule has 2 rings (SSSR count). The molecule has 0 aliphatic heterocycles. The van der Waals surface area contributed by atoms with Crippen LogP contribution >= 0.6 is 31.9 Å². The summed E-state index contributed by atoms with van der Waals surface area (Å²) in [7, 11) is 1.67. The van der Waals surface area contributed by atoms with Crippen LogP contribution in [0.4, 0.5) is 0 Å². The molecule has 2 aromatic rings. The van der Waals surface area contributed by atoms with Crippen molar-refractivity contribution in [3.63, 3.8) is 0 Å². The Morgan fingerprint density at radius 2 is 1.39 bits per heavy atom. The Morgan fingerprint density at radius 1 is 0.833 bits per heavy atom. The fraction of sp³-hybridized carbons (Fsp3) is 0.0667. The van der Waals surface area contributed by atoms with E-state index in [1.807, 2.05) is 42.5 Å². The second kappa shape index (κ2) is 6.21. The first-order chi connectivity index (χ1) is 8.72. The van der Waals surface area contributed by atoms with Gasteiger partial charge in [-0.3, -0.25) is 0 Å². The van der Waals surface area contributed by atoms with Gasteiger partial charge in [0.05, 0.1) is 10.5 Å². The summed E-state index contributed by atoms with van der Waals surface area (Å²) in [5, 5.41) is 0. The van der Waals surface area contributed by atoms with E-state index in [9.17, 15) is 0 Å². The van der Waals surface area contributed by atoms with Crippen molar-refractivity contribution in [2.45, 2.75) is 0 Å². The Bertz CT molecular complexity index is 540. The highest BCUT2D eigenvalue weighted by Gasteiger charge is 2.08. The number of hydrogen-bond acceptors (Lipinski definition) is 1. The van der Waals surface area contributed by atoms with Crippen LogP contribution in [0.2, 0.25) is 0 Å². The van der Waals surface area contributed by atoms with Gasteiger partial charge < -0.3 is 4.74 Å². The molecule has 2 aromatic carbocycles. The SMILES string of the molecule is COc1ccc(C(=C(Br)Br)c2ccccc2)cc1. The maximum atomic E-state index is 5.18. The first kappa shape index (κ1) is 13.4. The molecule has 0 radical (unpaired) electrons. The summed E-state index contributed by atoms with van der Waals surface area (Å²) in [5.41, 5.74) is 3.41. The first-order valence-electron chi connectivity index (χ1n) is 5.47. The highest BCUT2D eigenvalue weighted by Crippen LogP contribution is 2.33. The Labute approximate surface area is 124 Å². The number of rotatable bonds is 3. The van der Waals surface area contributed by atoms with Crippen LogP contribution in [0.15, 0.2) is 58.0 Å². The Hall–Kier alpha value is -1.06. The number of methoxy groups -OCH3 is 1. The minimum absolute atomic E-state index is 0.858. The molecular formula is C15H12Br2O. The second-order valence-corrected chi connectivity index (χ2v) is 6.38. The van der Waals surface area contributed by atoms with E-state index < -0.39 is 0 Å². The van der Waals surface area contributed by atoms with Crippen LogP contribution in [0.5, 0.6) is 5.75 Å². The van der Waals surface area contributed by atoms with Gasteiger partial charge in [0.1, 0.15) is 5.75 Å². The summed E-state index contributed by atoms with van der Waals surface area (Å²) in [5.74, 6) is 0.858. The van der Waals surface area contributed by atoms with Gasteiger partial charge >= 0.3 is 0 Å². The number of benzene rings is 2. The fourth-order valence-electron chi connectivity index (χ4n) is 1.75. The standard InChI is InChI=1S/C15H12Br2O/c1-18-13-9-7-12(8-10-13)14(15(16)17)11-5-3-2-4-6-11/h2-10H,1H3. The first-order valence-corrected chi connectivity index (χ1v) is 7.06. The molecule has 0 saturated carbocycles. The van der Waals surface area contributed by atoms with Gasteiger partial charge in [0.25, 0.3) is 0 Å². The van der Waals surface area contributed by atoms with E-state index in [1.165, 1.54) is 0 Å². The summed E-state index contributed by atoms with van der Waals surface area (Å²) in [6, 6.07) is 18.3. The number of hydrogen-bond donors (Lipinski definition) is 0. The van der Waals surface area contributed by atoms with Gasteiger partial charge in [-0.2, -0.15) is 0 Å². The van der Waals surface area contributed by atoms with Crippen LogP contribution in [0.25, 0.3) is 5.57 Å². The molecule has 0 heterocycles. The number of halogens is 2. The van der Waals surface area contributed by atoms with E-state index in [0.29, 0.717) is 0 Å². The predicted molar refractivity (Wildman–Crippen MR) is 83.3 cm³/mol. The average Bonchev–Trinajstić information content (AvgIpc) is 2.40. The van der Waals surface area contributed by atoms with Gasteiger partial charge in [0, 0.05) is 5.57 Å². The molecule has 0 aliphatic rings. The third kappa shape index (κ3) is 3.03. The molecule has 0 N–H and O–H groups in total. The van der Waals surface area contributed by atoms with Crippen molar-refractivity contribution in [3.05, 3.63) is 69.1 Å². The largest absolute Gasteiger partial charge is 0.497 e. The van der Waals surface area contributed by atoms with Gasteiger partial charge in [-0.15, -0.1) is 0 Å². The summed E-state index contributed by atoms with van der Waals surface area (Å²) < 4.78 is 6.11. The Kier molecular flexibility index (Phi) is 4.61. The van der Waals surface area contributed by atoms with Crippen molar-refractivity contribution >= 4 is 37.4 Å². The van der Waals surface area contributed by atoms with Crippen LogP contribution in [-0.2, 0) is 0 Å². The lowest BCUT2D eigenvalue weighted by Gasteiger charge is -2.10. The predicted octanol–water partition coefficient (Wildman–Crippen LogP) is 5.20. The van der Waals surface area contributed by atoms with Gasteiger partial charge in [-0.05, 0) is 55.1 Å². The van der Waals surface area contributed by atoms with Crippen LogP contribution in [0.1, 0.15) is 11.1 Å². The quantitative estimate of drug-likeness (QED) is 0.724. The molecule has 0 unspecified atom stereocenters. The van der Waals surface area contributed by atoms with Crippen molar-refractivity contribution in [2.75, 3.05) is 7.11 Å². The van der Waals surface area contributed by atoms with Gasteiger partial charge in [-0.25, -0.2) is 0 Å². The molecule has 0 atom stereocenters. The minimum atomic E-state index is 0.858. The molecule has 0 aromatic heterocycles. The summed E-state index contributed by atoms with van der Waals surface area (Å²) in [4.78, 5) is 0. The molecule has 1 nitrogen and oxygen atoms in total. The summed E-state index contributed by atoms with van der Waals surface area (Å²) in [6.07, 6.45) is 0. The highest BCUT2D eigenvalue weighted by molar-refractivity contribution is 9.28. The Morgan fingerprint density at radius 3 is 1.89 bits per heavy atom. The van der Waals surface area contributed by atoms with E-state index in [4.69, 9.17) is 4.74 Å². The molecule has 3 heteroatoms. The molecule has 92 valence electrons. The van der Waals surface area contributed by atoms with Gasteiger partial charge in [0.15, 0.2) is 0 Å². The molecule has 0 amide bonds. The highest BCUT2D eigenvalue weighted by atomic mass is 79.9. The lowest BCUT2D eigenvalue weighted by atomic mass is 10.00. The molecule has 0 fully saturated rings. The van der Waals surface area contributed by atoms with Gasteiger partial charge in [-0.1, -0.05) is 42.5 Å². The maximum absolute atomic E-state index is 5.18. The zero-order valence-corrected chi connectivity index (χ0v) is 13.0. The van der Waals surface area contributed by atoms with Crippen molar-refractivity contribution in [3.8, 4) is 5.75 Å². The molecule has 0 bridgehead atoms. The van der Waals surface area contributed by atoms with Crippen LogP contribution < -0.4 is 4.74 Å². The van der Waals surface area contributed by atoms with E-state index in [-0.39, 0.29) is 0 Å². The normalized spacial score (nSPS) is 9.94. The molecule has 18 heavy (non-hydrogen) atoms. The Balaban J connectivity index is 2.47. The van der Waals surface area contributed by atoms with E-state index >= 15 is 0 Å². The molecular weight excluding hydrogens is 356 g/mol. The minimum Gasteiger partial charge on any atom is -0.497 e. The van der Waals surface area contributed by atoms with Crippen molar-refractivity contribution in [1.82, 2.24) is 0 Å². The fourth-order valence-corrected chi connectivity index (χ4v) is 2.66. The van der Waals surface area contributed by atoms with Crippen molar-refractivity contribution in [1.29, 1.82) is 0 Å². The third-order valence-corrected chi connectivity index (χ3v) is 3.42. The molecule has 0 saturated heterocycles. The van der Waals surface area contributed by atoms with Crippen molar-refractivity contribution in [2.24, 2.45) is 0 Å². The smallest absolute Gasteiger partial charge is 0.118 e. The summed E-state index contributed by atoms with van der Waals surface area (Å²) >= 11 is 7.03. The van der Waals surface area contributed by atoms with Crippen LogP contribution in [0, 0.1) is 0 Å². The van der Waals surface area contributed by atoms with E-state index in [2.05, 4.69) is 44.0 Å². The zero-order valence-electron chi connectivity index (χ0n) is 9.86. The zero-order chi connectivity index (χ0) is 13.0. The van der Waals surface area contributed by atoms with E-state index in [0.717, 1.165) is 25.8 Å². The lowest BCUT2D eigenvalue weighted by Crippen LogP contribution is -1.89. The number of ether oxygens (including phenoxy) is 1. The van der Waals surface area contributed by atoms with E-state index in [1.54, 1.807) is 7.11 Å².